The van der Waals surface area contributed by atoms with E-state index in [1.54, 1.807) is 11.4 Å². The van der Waals surface area contributed by atoms with Crippen molar-refractivity contribution in [1.29, 1.82) is 0 Å². The molecule has 0 aliphatic heterocycles. The van der Waals surface area contributed by atoms with Crippen molar-refractivity contribution in [1.82, 2.24) is 15.3 Å². The predicted molar refractivity (Wildman–Crippen MR) is 88.7 cm³/mol. The number of carbonyl (C=O) groups is 2. The third-order valence-corrected chi connectivity index (χ3v) is 3.69. The van der Waals surface area contributed by atoms with Crippen LogP contribution in [0, 0.1) is 5.92 Å². The molecule has 7 nitrogen and oxygen atoms in total. The van der Waals surface area contributed by atoms with Gasteiger partial charge in [0.1, 0.15) is 5.56 Å². The van der Waals surface area contributed by atoms with Gasteiger partial charge in [-0.2, -0.15) is 0 Å². The van der Waals surface area contributed by atoms with E-state index in [2.05, 4.69) is 20.6 Å². The zero-order valence-corrected chi connectivity index (χ0v) is 13.7. The number of thiazole rings is 1. The highest BCUT2D eigenvalue weighted by atomic mass is 32.1. The minimum Gasteiger partial charge on any atom is -0.356 e. The number of nitrogens with one attached hydrogen (secondary N) is 3. The third kappa shape index (κ3) is 5.03. The largest absolute Gasteiger partial charge is 0.356 e. The Labute approximate surface area is 137 Å². The van der Waals surface area contributed by atoms with Crippen LogP contribution in [0.3, 0.4) is 0 Å². The number of H-pyrrole nitrogens is 1. The van der Waals surface area contributed by atoms with E-state index in [9.17, 15) is 14.4 Å². The first kappa shape index (κ1) is 16.9. The smallest absolute Gasteiger partial charge is 0.263 e. The Balaban J connectivity index is 1.95. The second-order valence-electron chi connectivity index (χ2n) is 5.39. The van der Waals surface area contributed by atoms with Crippen molar-refractivity contribution in [3.8, 4) is 0 Å². The Morgan fingerprint density at radius 2 is 2.17 bits per heavy atom. The highest BCUT2D eigenvalue weighted by Gasteiger charge is 2.13. The molecule has 2 aromatic rings. The lowest BCUT2D eigenvalue weighted by atomic mass is 10.2. The average Bonchev–Trinajstić information content (AvgIpc) is 2.92. The highest BCUT2D eigenvalue weighted by Crippen LogP contribution is 2.16. The molecule has 0 fully saturated rings. The summed E-state index contributed by atoms with van der Waals surface area (Å²) in [6.45, 7) is 4.65. The predicted octanol–water partition coefficient (Wildman–Crippen LogP) is 1.40. The van der Waals surface area contributed by atoms with Crippen molar-refractivity contribution >= 4 is 28.3 Å². The van der Waals surface area contributed by atoms with Crippen LogP contribution in [0.1, 0.15) is 29.9 Å². The molecular formula is C15H18N4O3S. The van der Waals surface area contributed by atoms with Gasteiger partial charge < -0.3 is 10.3 Å². The molecule has 2 aromatic heterocycles. The number of carbonyl (C=O) groups excluding carboxylic acids is 2. The van der Waals surface area contributed by atoms with Crippen LogP contribution >= 0.6 is 11.3 Å². The lowest BCUT2D eigenvalue weighted by Crippen LogP contribution is -2.28. The number of hydrogen-bond acceptors (Lipinski definition) is 5. The van der Waals surface area contributed by atoms with Crippen molar-refractivity contribution in [2.75, 3.05) is 11.9 Å². The molecule has 0 unspecified atom stereocenters. The summed E-state index contributed by atoms with van der Waals surface area (Å²) in [5.74, 6) is -0.258. The molecule has 0 atom stereocenters. The molecule has 0 bridgehead atoms. The van der Waals surface area contributed by atoms with Crippen molar-refractivity contribution in [3.05, 3.63) is 45.3 Å². The number of nitrogens with zero attached hydrogens (tertiary/aromatic N) is 1. The van der Waals surface area contributed by atoms with E-state index < -0.39 is 11.5 Å². The number of hydrogen-bond donors (Lipinski definition) is 3. The Kier molecular flexibility index (Phi) is 5.64. The van der Waals surface area contributed by atoms with Gasteiger partial charge in [-0.1, -0.05) is 13.8 Å². The van der Waals surface area contributed by atoms with E-state index in [0.29, 0.717) is 23.3 Å². The summed E-state index contributed by atoms with van der Waals surface area (Å²) >= 11 is 1.21. The van der Waals surface area contributed by atoms with Gasteiger partial charge in [-0.15, -0.1) is 11.3 Å². The fourth-order valence-corrected chi connectivity index (χ4v) is 2.46. The van der Waals surface area contributed by atoms with Crippen LogP contribution in [-0.4, -0.2) is 28.3 Å². The van der Waals surface area contributed by atoms with E-state index in [4.69, 9.17) is 0 Å². The van der Waals surface area contributed by atoms with Gasteiger partial charge in [0.2, 0.25) is 5.91 Å². The zero-order valence-electron chi connectivity index (χ0n) is 12.9. The second-order valence-corrected chi connectivity index (χ2v) is 6.24. The number of aromatic amines is 1. The fourth-order valence-electron chi connectivity index (χ4n) is 1.76. The Bertz CT molecular complexity index is 751. The monoisotopic (exact) mass is 334 g/mol. The number of pyridine rings is 1. The van der Waals surface area contributed by atoms with Crippen LogP contribution < -0.4 is 16.2 Å². The number of amides is 2. The molecule has 3 N–H and O–H groups in total. The van der Waals surface area contributed by atoms with E-state index in [-0.39, 0.29) is 17.9 Å². The zero-order chi connectivity index (χ0) is 16.8. The first-order valence-corrected chi connectivity index (χ1v) is 8.04. The van der Waals surface area contributed by atoms with Crippen LogP contribution in [0.2, 0.25) is 0 Å². The van der Waals surface area contributed by atoms with E-state index in [1.165, 1.54) is 23.6 Å². The molecule has 0 spiro atoms. The Hall–Kier alpha value is -2.48. The van der Waals surface area contributed by atoms with Gasteiger partial charge in [-0.05, 0) is 18.1 Å². The molecule has 0 saturated carbocycles. The summed E-state index contributed by atoms with van der Waals surface area (Å²) in [6, 6.07) is 3.00. The topological polar surface area (TPSA) is 104 Å². The van der Waals surface area contributed by atoms with Gasteiger partial charge in [0.25, 0.3) is 11.5 Å². The fraction of sp³-hybridized carbons (Fsp3) is 0.333. The highest BCUT2D eigenvalue weighted by molar-refractivity contribution is 7.14. The number of aromatic nitrogens is 2. The first-order valence-electron chi connectivity index (χ1n) is 7.16. The molecule has 2 heterocycles. The van der Waals surface area contributed by atoms with E-state index >= 15 is 0 Å². The summed E-state index contributed by atoms with van der Waals surface area (Å²) in [6.07, 6.45) is 1.61. The molecule has 2 rings (SSSR count). The Morgan fingerprint density at radius 1 is 1.39 bits per heavy atom. The quantitative estimate of drug-likeness (QED) is 0.742. The molecule has 0 saturated heterocycles. The van der Waals surface area contributed by atoms with E-state index in [0.717, 1.165) is 0 Å². The van der Waals surface area contributed by atoms with Gasteiger partial charge in [0, 0.05) is 18.1 Å². The lowest BCUT2D eigenvalue weighted by Gasteiger charge is -2.06. The molecular weight excluding hydrogens is 316 g/mol. The normalized spacial score (nSPS) is 10.6. The molecule has 8 heteroatoms. The summed E-state index contributed by atoms with van der Waals surface area (Å²) in [5, 5.41) is 7.43. The van der Waals surface area contributed by atoms with Crippen molar-refractivity contribution in [3.63, 3.8) is 0 Å². The van der Waals surface area contributed by atoms with Crippen molar-refractivity contribution < 1.29 is 9.59 Å². The first-order chi connectivity index (χ1) is 11.0. The van der Waals surface area contributed by atoms with Crippen LogP contribution in [0.25, 0.3) is 0 Å². The summed E-state index contributed by atoms with van der Waals surface area (Å²) in [5.41, 5.74) is 0.127. The van der Waals surface area contributed by atoms with Crippen LogP contribution in [0.4, 0.5) is 5.13 Å². The lowest BCUT2D eigenvalue weighted by molar-refractivity contribution is -0.120. The van der Waals surface area contributed by atoms with E-state index in [1.807, 2.05) is 13.8 Å². The average molecular weight is 334 g/mol. The van der Waals surface area contributed by atoms with Gasteiger partial charge in [-0.25, -0.2) is 4.98 Å². The SMILES string of the molecule is CC(C)CNC(=O)Cc1csc(NC(=O)c2ccc[nH]c2=O)n1. The maximum atomic E-state index is 12.0. The van der Waals surface area contributed by atoms with Crippen LogP contribution in [0.5, 0.6) is 0 Å². The summed E-state index contributed by atoms with van der Waals surface area (Å²) in [4.78, 5) is 41.9. The van der Waals surface area contributed by atoms with Crippen LogP contribution in [-0.2, 0) is 11.2 Å². The maximum absolute atomic E-state index is 12.0. The second kappa shape index (κ2) is 7.68. The third-order valence-electron chi connectivity index (χ3n) is 2.88. The minimum absolute atomic E-state index is 0.0129. The minimum atomic E-state index is -0.531. The molecule has 0 aliphatic rings. The molecule has 2 amide bonds. The molecule has 0 radical (unpaired) electrons. The van der Waals surface area contributed by atoms with Crippen molar-refractivity contribution in [2.45, 2.75) is 20.3 Å². The van der Waals surface area contributed by atoms with Gasteiger partial charge in [0.15, 0.2) is 5.13 Å². The van der Waals surface area contributed by atoms with Gasteiger partial charge >= 0.3 is 0 Å². The van der Waals surface area contributed by atoms with Gasteiger partial charge in [-0.3, -0.25) is 19.7 Å². The van der Waals surface area contributed by atoms with Gasteiger partial charge in [0.05, 0.1) is 12.1 Å². The number of anilines is 1. The summed E-state index contributed by atoms with van der Waals surface area (Å²) in [7, 11) is 0. The molecule has 0 aliphatic carbocycles. The van der Waals surface area contributed by atoms with Crippen LogP contribution in [0.15, 0.2) is 28.5 Å². The molecule has 122 valence electrons. The number of rotatable bonds is 6. The van der Waals surface area contributed by atoms with Crippen molar-refractivity contribution in [2.24, 2.45) is 5.92 Å². The summed E-state index contributed by atoms with van der Waals surface area (Å²) < 4.78 is 0. The maximum Gasteiger partial charge on any atom is 0.263 e. The molecule has 0 aromatic carbocycles. The Morgan fingerprint density at radius 3 is 2.87 bits per heavy atom. The standard InChI is InChI=1S/C15H18N4O3S/c1-9(2)7-17-12(20)6-10-8-23-15(18-10)19-14(22)11-4-3-5-16-13(11)21/h3-5,8-9H,6-7H2,1-2H3,(H,16,21)(H,17,20)(H,18,19,22). The molecule has 23 heavy (non-hydrogen) atoms.